The molecule has 2 rings (SSSR count). The van der Waals surface area contributed by atoms with Gasteiger partial charge in [-0.1, -0.05) is 28.1 Å². The molecule has 1 aromatic carbocycles. The maximum Gasteiger partial charge on any atom is 0.258 e. The number of benzene rings is 1. The lowest BCUT2D eigenvalue weighted by atomic mass is 9.92. The number of rotatable bonds is 1. The normalized spacial score (nSPS) is 25.2. The minimum Gasteiger partial charge on any atom is -0.375 e. The zero-order valence-electron chi connectivity index (χ0n) is 9.33. The van der Waals surface area contributed by atoms with Crippen LogP contribution in [0.15, 0.2) is 22.7 Å². The van der Waals surface area contributed by atoms with Gasteiger partial charge in [-0.3, -0.25) is 4.79 Å². The van der Waals surface area contributed by atoms with E-state index in [1.54, 1.807) is 11.9 Å². The SMILES string of the molecule is Cc1ccc(C2(O)CCN(C)C2=O)cc1Br. The molecule has 86 valence electrons. The molecule has 0 bridgehead atoms. The van der Waals surface area contributed by atoms with Crippen LogP contribution in [0.4, 0.5) is 0 Å². The number of hydrogen-bond donors (Lipinski definition) is 1. The molecule has 0 saturated carbocycles. The zero-order valence-corrected chi connectivity index (χ0v) is 10.9. The summed E-state index contributed by atoms with van der Waals surface area (Å²) in [5, 5.41) is 10.4. The second kappa shape index (κ2) is 3.86. The molecule has 1 aromatic rings. The van der Waals surface area contributed by atoms with Crippen LogP contribution in [-0.4, -0.2) is 29.5 Å². The summed E-state index contributed by atoms with van der Waals surface area (Å²) in [6.07, 6.45) is 0.456. The Labute approximate surface area is 103 Å². The molecular formula is C12H14BrNO2. The highest BCUT2D eigenvalue weighted by molar-refractivity contribution is 9.10. The van der Waals surface area contributed by atoms with Crippen LogP contribution in [0.3, 0.4) is 0 Å². The summed E-state index contributed by atoms with van der Waals surface area (Å²) in [5.41, 5.74) is 0.413. The van der Waals surface area contributed by atoms with E-state index >= 15 is 0 Å². The summed E-state index contributed by atoms with van der Waals surface area (Å²) in [6, 6.07) is 5.55. The summed E-state index contributed by atoms with van der Waals surface area (Å²) in [4.78, 5) is 13.4. The first kappa shape index (κ1) is 11.6. The Balaban J connectivity index is 2.44. The Kier molecular flexibility index (Phi) is 2.80. The fraction of sp³-hybridized carbons (Fsp3) is 0.417. The van der Waals surface area contributed by atoms with Gasteiger partial charge in [-0.2, -0.15) is 0 Å². The Hall–Kier alpha value is -0.870. The van der Waals surface area contributed by atoms with E-state index in [0.29, 0.717) is 18.5 Å². The lowest BCUT2D eigenvalue weighted by Gasteiger charge is -2.21. The van der Waals surface area contributed by atoms with Crippen molar-refractivity contribution in [1.29, 1.82) is 0 Å². The van der Waals surface area contributed by atoms with E-state index < -0.39 is 5.60 Å². The largest absolute Gasteiger partial charge is 0.375 e. The first-order valence-corrected chi connectivity index (χ1v) is 5.99. The van der Waals surface area contributed by atoms with Crippen LogP contribution in [0.2, 0.25) is 0 Å². The number of carbonyl (C=O) groups is 1. The van der Waals surface area contributed by atoms with Crippen LogP contribution >= 0.6 is 15.9 Å². The number of halogens is 1. The molecule has 0 aromatic heterocycles. The zero-order chi connectivity index (χ0) is 11.9. The van der Waals surface area contributed by atoms with Crippen molar-refractivity contribution in [2.45, 2.75) is 18.9 Å². The van der Waals surface area contributed by atoms with Crippen molar-refractivity contribution < 1.29 is 9.90 Å². The average molecular weight is 284 g/mol. The van der Waals surface area contributed by atoms with E-state index in [-0.39, 0.29) is 5.91 Å². The van der Waals surface area contributed by atoms with Crippen LogP contribution in [0, 0.1) is 6.92 Å². The molecule has 1 atom stereocenters. The van der Waals surface area contributed by atoms with Crippen molar-refractivity contribution in [2.24, 2.45) is 0 Å². The molecule has 4 heteroatoms. The molecule has 1 amide bonds. The van der Waals surface area contributed by atoms with Crippen molar-refractivity contribution in [3.63, 3.8) is 0 Å². The molecule has 1 unspecified atom stereocenters. The number of aliphatic hydroxyl groups is 1. The number of amides is 1. The van der Waals surface area contributed by atoms with E-state index in [1.807, 2.05) is 25.1 Å². The van der Waals surface area contributed by atoms with Crippen molar-refractivity contribution >= 4 is 21.8 Å². The summed E-state index contributed by atoms with van der Waals surface area (Å²) < 4.78 is 0.917. The number of likely N-dealkylation sites (tertiary alicyclic amines) is 1. The van der Waals surface area contributed by atoms with Crippen molar-refractivity contribution in [3.05, 3.63) is 33.8 Å². The average Bonchev–Trinajstić information content (AvgIpc) is 2.52. The minimum atomic E-state index is -1.34. The molecule has 0 aliphatic carbocycles. The minimum absolute atomic E-state index is 0.219. The second-order valence-electron chi connectivity index (χ2n) is 4.30. The number of aryl methyl sites for hydroxylation is 1. The van der Waals surface area contributed by atoms with Gasteiger partial charge in [0.05, 0.1) is 0 Å². The molecule has 1 aliphatic rings. The Morgan fingerprint density at radius 3 is 2.69 bits per heavy atom. The van der Waals surface area contributed by atoms with Gasteiger partial charge in [0, 0.05) is 24.5 Å². The van der Waals surface area contributed by atoms with Gasteiger partial charge >= 0.3 is 0 Å². The highest BCUT2D eigenvalue weighted by Gasteiger charge is 2.45. The van der Waals surface area contributed by atoms with Crippen LogP contribution in [0.1, 0.15) is 17.5 Å². The van der Waals surface area contributed by atoms with Gasteiger partial charge in [-0.15, -0.1) is 0 Å². The van der Waals surface area contributed by atoms with Gasteiger partial charge < -0.3 is 10.0 Å². The second-order valence-corrected chi connectivity index (χ2v) is 5.16. The summed E-state index contributed by atoms with van der Waals surface area (Å²) in [6.45, 7) is 2.57. The lowest BCUT2D eigenvalue weighted by Crippen LogP contribution is -2.36. The molecular weight excluding hydrogens is 270 g/mol. The molecule has 1 aliphatic heterocycles. The number of likely N-dealkylation sites (N-methyl/N-ethyl adjacent to an activating group) is 1. The first-order valence-electron chi connectivity index (χ1n) is 5.20. The van der Waals surface area contributed by atoms with E-state index in [0.717, 1.165) is 10.0 Å². The van der Waals surface area contributed by atoms with E-state index in [4.69, 9.17) is 0 Å². The molecule has 1 heterocycles. The number of nitrogens with zero attached hydrogens (tertiary/aromatic N) is 1. The predicted octanol–water partition coefficient (Wildman–Crippen LogP) is 1.81. The fourth-order valence-electron chi connectivity index (χ4n) is 1.97. The van der Waals surface area contributed by atoms with Crippen molar-refractivity contribution in [2.75, 3.05) is 13.6 Å². The lowest BCUT2D eigenvalue weighted by molar-refractivity contribution is -0.143. The highest BCUT2D eigenvalue weighted by atomic mass is 79.9. The highest BCUT2D eigenvalue weighted by Crippen LogP contribution is 2.34. The van der Waals surface area contributed by atoms with E-state index in [1.165, 1.54) is 0 Å². The van der Waals surface area contributed by atoms with Gasteiger partial charge in [0.2, 0.25) is 0 Å². The molecule has 1 fully saturated rings. The molecule has 3 nitrogen and oxygen atoms in total. The third-order valence-corrected chi connectivity index (χ3v) is 4.01. The molecule has 16 heavy (non-hydrogen) atoms. The molecule has 0 radical (unpaired) electrons. The van der Waals surface area contributed by atoms with Gasteiger partial charge in [-0.05, 0) is 24.1 Å². The van der Waals surface area contributed by atoms with Crippen LogP contribution in [-0.2, 0) is 10.4 Å². The van der Waals surface area contributed by atoms with E-state index in [2.05, 4.69) is 15.9 Å². The van der Waals surface area contributed by atoms with E-state index in [9.17, 15) is 9.90 Å². The number of carbonyl (C=O) groups excluding carboxylic acids is 1. The molecule has 0 spiro atoms. The first-order chi connectivity index (χ1) is 7.45. The summed E-state index contributed by atoms with van der Waals surface area (Å²) in [7, 11) is 1.71. The van der Waals surface area contributed by atoms with Crippen molar-refractivity contribution in [3.8, 4) is 0 Å². The summed E-state index contributed by atoms with van der Waals surface area (Å²) in [5.74, 6) is -0.219. The van der Waals surface area contributed by atoms with Crippen LogP contribution < -0.4 is 0 Å². The third kappa shape index (κ3) is 1.66. The Morgan fingerprint density at radius 2 is 2.19 bits per heavy atom. The Bertz CT molecular complexity index is 447. The van der Waals surface area contributed by atoms with Crippen LogP contribution in [0.25, 0.3) is 0 Å². The number of hydrogen-bond acceptors (Lipinski definition) is 2. The quantitative estimate of drug-likeness (QED) is 0.854. The molecule has 1 saturated heterocycles. The summed E-state index contributed by atoms with van der Waals surface area (Å²) >= 11 is 3.42. The third-order valence-electron chi connectivity index (χ3n) is 3.16. The standard InChI is InChI=1S/C12H14BrNO2/c1-8-3-4-9(7-10(8)13)12(16)5-6-14(2)11(12)15/h3-4,7,16H,5-6H2,1-2H3. The maximum atomic E-state index is 11.9. The monoisotopic (exact) mass is 283 g/mol. The van der Waals surface area contributed by atoms with Crippen molar-refractivity contribution in [1.82, 2.24) is 4.90 Å². The van der Waals surface area contributed by atoms with Gasteiger partial charge in [0.15, 0.2) is 5.60 Å². The fourth-order valence-corrected chi connectivity index (χ4v) is 2.35. The van der Waals surface area contributed by atoms with Crippen LogP contribution in [0.5, 0.6) is 0 Å². The maximum absolute atomic E-state index is 11.9. The Morgan fingerprint density at radius 1 is 1.50 bits per heavy atom. The van der Waals surface area contributed by atoms with Gasteiger partial charge in [0.25, 0.3) is 5.91 Å². The smallest absolute Gasteiger partial charge is 0.258 e. The van der Waals surface area contributed by atoms with Gasteiger partial charge in [0.1, 0.15) is 0 Å². The topological polar surface area (TPSA) is 40.5 Å². The molecule has 1 N–H and O–H groups in total. The van der Waals surface area contributed by atoms with Gasteiger partial charge in [-0.25, -0.2) is 0 Å². The predicted molar refractivity (Wildman–Crippen MR) is 65.0 cm³/mol.